The van der Waals surface area contributed by atoms with Crippen molar-refractivity contribution in [2.24, 2.45) is 0 Å². The lowest BCUT2D eigenvalue weighted by atomic mass is 10.4. The average molecular weight is 311 g/mol. The van der Waals surface area contributed by atoms with Crippen LogP contribution < -0.4 is 4.74 Å². The number of ether oxygens (including phenoxy) is 1. The second kappa shape index (κ2) is 3.94. The number of halogens is 2. The first kappa shape index (κ1) is 10.9. The van der Waals surface area contributed by atoms with Gasteiger partial charge in [-0.15, -0.1) is 0 Å². The Kier molecular flexibility index (Phi) is 3.32. The number of hydrogen-bond donors (Lipinski definition) is 1. The summed E-state index contributed by atoms with van der Waals surface area (Å²) >= 11 is 6.44. The summed E-state index contributed by atoms with van der Waals surface area (Å²) in [5.41, 5.74) is 0. The molecule has 0 spiro atoms. The van der Waals surface area contributed by atoms with E-state index in [4.69, 9.17) is 4.74 Å². The van der Waals surface area contributed by atoms with Gasteiger partial charge in [-0.25, -0.2) is 4.98 Å². The zero-order valence-electron chi connectivity index (χ0n) is 7.21. The lowest BCUT2D eigenvalue weighted by molar-refractivity contribution is -0.105. The molecule has 0 aromatic carbocycles. The first-order valence-corrected chi connectivity index (χ1v) is 5.20. The van der Waals surface area contributed by atoms with Gasteiger partial charge in [0.25, 0.3) is 0 Å². The van der Waals surface area contributed by atoms with E-state index in [1.54, 1.807) is 26.0 Å². The Morgan fingerprint density at radius 3 is 2.46 bits per heavy atom. The van der Waals surface area contributed by atoms with Crippen molar-refractivity contribution in [1.29, 1.82) is 0 Å². The normalized spacial score (nSPS) is 11.5. The molecule has 1 rings (SSSR count). The number of nitrogens with zero attached hydrogens (tertiary/aromatic N) is 1. The minimum absolute atomic E-state index is 0.510. The van der Waals surface area contributed by atoms with E-state index in [2.05, 4.69) is 36.8 Å². The smallest absolute Gasteiger partial charge is 0.202 e. The summed E-state index contributed by atoms with van der Waals surface area (Å²) in [6.45, 7) is 3.11. The molecule has 0 bridgehead atoms. The van der Waals surface area contributed by atoms with Crippen molar-refractivity contribution in [3.63, 3.8) is 0 Å². The first-order chi connectivity index (χ1) is 5.88. The van der Waals surface area contributed by atoms with E-state index in [-0.39, 0.29) is 0 Å². The molecular weight excluding hydrogens is 302 g/mol. The molecular formula is C8H9Br2NO2. The zero-order valence-corrected chi connectivity index (χ0v) is 10.4. The van der Waals surface area contributed by atoms with Crippen LogP contribution in [0.4, 0.5) is 0 Å². The van der Waals surface area contributed by atoms with Crippen LogP contribution in [0.3, 0.4) is 0 Å². The van der Waals surface area contributed by atoms with E-state index in [9.17, 15) is 5.11 Å². The predicted molar refractivity (Wildman–Crippen MR) is 56.6 cm³/mol. The monoisotopic (exact) mass is 309 g/mol. The molecule has 13 heavy (non-hydrogen) atoms. The van der Waals surface area contributed by atoms with Crippen LogP contribution in [-0.4, -0.2) is 15.9 Å². The molecule has 72 valence electrons. The van der Waals surface area contributed by atoms with Gasteiger partial charge in [-0.1, -0.05) is 0 Å². The quantitative estimate of drug-likeness (QED) is 0.674. The fourth-order valence-corrected chi connectivity index (χ4v) is 1.70. The summed E-state index contributed by atoms with van der Waals surface area (Å²) < 4.78 is 6.48. The second-order valence-corrected chi connectivity index (χ2v) is 4.54. The van der Waals surface area contributed by atoms with Gasteiger partial charge in [0.15, 0.2) is 5.75 Å². The molecule has 0 aliphatic rings. The maximum Gasteiger partial charge on any atom is 0.202 e. The Labute approximate surface area is 93.4 Å². The van der Waals surface area contributed by atoms with Crippen LogP contribution in [0, 0.1) is 0 Å². The molecule has 0 saturated heterocycles. The Balaban J connectivity index is 2.90. The van der Waals surface area contributed by atoms with E-state index >= 15 is 0 Å². The van der Waals surface area contributed by atoms with Gasteiger partial charge in [0.05, 0.1) is 0 Å². The van der Waals surface area contributed by atoms with Gasteiger partial charge in [-0.2, -0.15) is 0 Å². The number of aliphatic hydroxyl groups is 1. The van der Waals surface area contributed by atoms with E-state index in [0.29, 0.717) is 15.0 Å². The minimum atomic E-state index is -1.20. The third-order valence-corrected chi connectivity index (χ3v) is 2.15. The number of aromatic nitrogens is 1. The van der Waals surface area contributed by atoms with Gasteiger partial charge in [-0.3, -0.25) is 0 Å². The Hall–Kier alpha value is -0.130. The van der Waals surface area contributed by atoms with Gasteiger partial charge in [0.2, 0.25) is 5.79 Å². The predicted octanol–water partition coefficient (Wildman–Crippen LogP) is 2.71. The Morgan fingerprint density at radius 2 is 2.00 bits per heavy atom. The molecule has 0 atom stereocenters. The SMILES string of the molecule is CC(C)(O)Oc1ccc(Br)nc1Br. The molecule has 3 nitrogen and oxygen atoms in total. The number of pyridine rings is 1. The van der Waals surface area contributed by atoms with Gasteiger partial charge in [-0.05, 0) is 44.0 Å². The summed E-state index contributed by atoms with van der Waals surface area (Å²) in [5, 5.41) is 9.38. The van der Waals surface area contributed by atoms with Gasteiger partial charge in [0.1, 0.15) is 9.21 Å². The van der Waals surface area contributed by atoms with Crippen molar-refractivity contribution in [3.8, 4) is 5.75 Å². The molecule has 0 amide bonds. The number of hydrogen-bond acceptors (Lipinski definition) is 3. The molecule has 0 aliphatic carbocycles. The third kappa shape index (κ3) is 3.62. The molecule has 0 unspecified atom stereocenters. The molecule has 1 heterocycles. The highest BCUT2D eigenvalue weighted by molar-refractivity contribution is 9.11. The highest BCUT2D eigenvalue weighted by Crippen LogP contribution is 2.27. The topological polar surface area (TPSA) is 42.4 Å². The number of rotatable bonds is 2. The first-order valence-electron chi connectivity index (χ1n) is 3.62. The summed E-state index contributed by atoms with van der Waals surface area (Å²) in [6, 6.07) is 3.46. The molecule has 1 aromatic heterocycles. The molecule has 0 aliphatic heterocycles. The van der Waals surface area contributed by atoms with Crippen LogP contribution in [0.2, 0.25) is 0 Å². The third-order valence-electron chi connectivity index (χ3n) is 1.14. The highest BCUT2D eigenvalue weighted by Gasteiger charge is 2.16. The molecule has 0 saturated carbocycles. The molecule has 1 N–H and O–H groups in total. The zero-order chi connectivity index (χ0) is 10.1. The van der Waals surface area contributed by atoms with Crippen LogP contribution in [0.15, 0.2) is 21.3 Å². The Bertz CT molecular complexity index is 310. The van der Waals surface area contributed by atoms with Gasteiger partial charge in [0, 0.05) is 13.8 Å². The van der Waals surface area contributed by atoms with E-state index in [0.717, 1.165) is 0 Å². The lowest BCUT2D eigenvalue weighted by Crippen LogP contribution is -2.27. The fourth-order valence-electron chi connectivity index (χ4n) is 0.745. The van der Waals surface area contributed by atoms with Crippen LogP contribution >= 0.6 is 31.9 Å². The summed E-state index contributed by atoms with van der Waals surface area (Å²) in [5.74, 6) is -0.686. The Morgan fingerprint density at radius 1 is 1.38 bits per heavy atom. The van der Waals surface area contributed by atoms with E-state index < -0.39 is 5.79 Å². The summed E-state index contributed by atoms with van der Waals surface area (Å²) in [7, 11) is 0. The minimum Gasteiger partial charge on any atom is -0.460 e. The van der Waals surface area contributed by atoms with Crippen LogP contribution in [0.5, 0.6) is 5.75 Å². The largest absolute Gasteiger partial charge is 0.460 e. The van der Waals surface area contributed by atoms with Crippen molar-refractivity contribution < 1.29 is 9.84 Å². The van der Waals surface area contributed by atoms with Crippen LogP contribution in [-0.2, 0) is 0 Å². The molecule has 0 radical (unpaired) electrons. The lowest BCUT2D eigenvalue weighted by Gasteiger charge is -2.20. The van der Waals surface area contributed by atoms with E-state index in [1.165, 1.54) is 0 Å². The van der Waals surface area contributed by atoms with Crippen molar-refractivity contribution >= 4 is 31.9 Å². The fraction of sp³-hybridized carbons (Fsp3) is 0.375. The maximum absolute atomic E-state index is 9.38. The van der Waals surface area contributed by atoms with Gasteiger partial charge >= 0.3 is 0 Å². The van der Waals surface area contributed by atoms with Crippen molar-refractivity contribution in [1.82, 2.24) is 4.98 Å². The molecule has 5 heteroatoms. The highest BCUT2D eigenvalue weighted by atomic mass is 79.9. The van der Waals surface area contributed by atoms with Crippen molar-refractivity contribution in [3.05, 3.63) is 21.3 Å². The van der Waals surface area contributed by atoms with Gasteiger partial charge < -0.3 is 9.84 Å². The molecule has 0 fully saturated rings. The average Bonchev–Trinajstić information content (AvgIpc) is 1.93. The maximum atomic E-state index is 9.38. The molecule has 1 aromatic rings. The van der Waals surface area contributed by atoms with Crippen molar-refractivity contribution in [2.75, 3.05) is 0 Å². The summed E-state index contributed by atoms with van der Waals surface area (Å²) in [4.78, 5) is 4.05. The second-order valence-electron chi connectivity index (χ2n) is 2.97. The van der Waals surface area contributed by atoms with Crippen molar-refractivity contribution in [2.45, 2.75) is 19.6 Å². The van der Waals surface area contributed by atoms with Crippen LogP contribution in [0.1, 0.15) is 13.8 Å². The standard InChI is InChI=1S/C8H9Br2NO2/c1-8(2,12)13-5-3-4-6(9)11-7(5)10/h3-4,12H,1-2H3. The van der Waals surface area contributed by atoms with E-state index in [1.807, 2.05) is 0 Å². The van der Waals surface area contributed by atoms with Crippen LogP contribution in [0.25, 0.3) is 0 Å². The summed E-state index contributed by atoms with van der Waals surface area (Å²) in [6.07, 6.45) is 0.